The average Bonchev–Trinajstić information content (AvgIpc) is 2.61. The smallest absolute Gasteiger partial charge is 0.239 e. The molecule has 7 nitrogen and oxygen atoms in total. The lowest BCUT2D eigenvalue weighted by Crippen LogP contribution is -2.48. The highest BCUT2D eigenvalue weighted by molar-refractivity contribution is 14.0. The van der Waals surface area contributed by atoms with Gasteiger partial charge in [-0.1, -0.05) is 24.3 Å². The zero-order chi connectivity index (χ0) is 21.4. The van der Waals surface area contributed by atoms with Gasteiger partial charge in [-0.3, -0.25) is 14.7 Å². The van der Waals surface area contributed by atoms with Crippen LogP contribution in [0.4, 0.5) is 0 Å². The number of carbonyl (C=O) groups is 1. The lowest BCUT2D eigenvalue weighted by Gasteiger charge is -2.35. The Morgan fingerprint density at radius 1 is 1.10 bits per heavy atom. The topological polar surface area (TPSA) is 78.0 Å². The highest BCUT2D eigenvalue weighted by Crippen LogP contribution is 2.14. The van der Waals surface area contributed by atoms with Crippen LogP contribution in [-0.2, 0) is 22.6 Å². The molecule has 0 aromatic heterocycles. The lowest BCUT2D eigenvalue weighted by molar-refractivity contribution is -0.121. The SMILES string of the molecule is CN=C(NCC(=O)NC(C)(C)C)NCc1ccc(CN2CC(C)OC(C)C2)cc1.I. The van der Waals surface area contributed by atoms with Gasteiger partial charge in [-0.05, 0) is 45.7 Å². The van der Waals surface area contributed by atoms with Crippen molar-refractivity contribution in [2.24, 2.45) is 4.99 Å². The summed E-state index contributed by atoms with van der Waals surface area (Å²) in [6.07, 6.45) is 0.568. The third kappa shape index (κ3) is 10.1. The summed E-state index contributed by atoms with van der Waals surface area (Å²) in [5.74, 6) is 0.547. The molecule has 3 N–H and O–H groups in total. The first kappa shape index (κ1) is 26.6. The average molecular weight is 531 g/mol. The fourth-order valence-electron chi connectivity index (χ4n) is 3.47. The predicted octanol–water partition coefficient (Wildman–Crippen LogP) is 2.49. The van der Waals surface area contributed by atoms with E-state index in [1.807, 2.05) is 20.8 Å². The molecule has 1 amide bonds. The van der Waals surface area contributed by atoms with Crippen LogP contribution < -0.4 is 16.0 Å². The number of carbonyl (C=O) groups excluding carboxylic acids is 1. The van der Waals surface area contributed by atoms with Crippen LogP contribution in [0.25, 0.3) is 0 Å². The van der Waals surface area contributed by atoms with Gasteiger partial charge in [0.2, 0.25) is 5.91 Å². The summed E-state index contributed by atoms with van der Waals surface area (Å²) >= 11 is 0. The van der Waals surface area contributed by atoms with E-state index in [0.717, 1.165) is 19.6 Å². The van der Waals surface area contributed by atoms with E-state index < -0.39 is 0 Å². The number of hydrogen-bond donors (Lipinski definition) is 3. The van der Waals surface area contributed by atoms with E-state index in [1.165, 1.54) is 11.1 Å². The van der Waals surface area contributed by atoms with E-state index in [1.54, 1.807) is 7.05 Å². The number of nitrogens with zero attached hydrogens (tertiary/aromatic N) is 2. The summed E-state index contributed by atoms with van der Waals surface area (Å²) in [6.45, 7) is 13.9. The van der Waals surface area contributed by atoms with Crippen LogP contribution in [0.5, 0.6) is 0 Å². The molecule has 2 rings (SSSR count). The number of hydrogen-bond acceptors (Lipinski definition) is 4. The summed E-state index contributed by atoms with van der Waals surface area (Å²) in [7, 11) is 1.70. The zero-order valence-corrected chi connectivity index (χ0v) is 21.4. The van der Waals surface area contributed by atoms with Crippen molar-refractivity contribution < 1.29 is 9.53 Å². The summed E-state index contributed by atoms with van der Waals surface area (Å²) in [5, 5.41) is 9.21. The molecule has 1 aliphatic rings. The molecule has 2 atom stereocenters. The van der Waals surface area contributed by atoms with Crippen LogP contribution in [0.2, 0.25) is 0 Å². The first-order valence-corrected chi connectivity index (χ1v) is 10.4. The van der Waals surface area contributed by atoms with E-state index in [4.69, 9.17) is 4.74 Å². The molecular weight excluding hydrogens is 493 g/mol. The van der Waals surface area contributed by atoms with Crippen LogP contribution in [0.1, 0.15) is 45.7 Å². The maximum Gasteiger partial charge on any atom is 0.239 e. The number of amides is 1. The normalized spacial score (nSPS) is 20.3. The molecule has 1 aliphatic heterocycles. The highest BCUT2D eigenvalue weighted by atomic mass is 127. The Kier molecular flexibility index (Phi) is 11.1. The Balaban J connectivity index is 0.00000450. The van der Waals surface area contributed by atoms with Gasteiger partial charge in [-0.25, -0.2) is 0 Å². The molecule has 1 aromatic rings. The fourth-order valence-corrected chi connectivity index (χ4v) is 3.47. The number of ether oxygens (including phenoxy) is 1. The first-order chi connectivity index (χ1) is 13.6. The van der Waals surface area contributed by atoms with Gasteiger partial charge in [0, 0.05) is 38.8 Å². The molecule has 0 bridgehead atoms. The van der Waals surface area contributed by atoms with Crippen molar-refractivity contribution in [1.82, 2.24) is 20.9 Å². The van der Waals surface area contributed by atoms with Crippen LogP contribution in [0.3, 0.4) is 0 Å². The molecule has 0 aliphatic carbocycles. The van der Waals surface area contributed by atoms with Crippen molar-refractivity contribution in [2.45, 2.75) is 65.5 Å². The van der Waals surface area contributed by atoms with Crippen LogP contribution in [0, 0.1) is 0 Å². The van der Waals surface area contributed by atoms with Gasteiger partial charge in [0.15, 0.2) is 5.96 Å². The number of nitrogens with one attached hydrogen (secondary N) is 3. The van der Waals surface area contributed by atoms with Crippen LogP contribution >= 0.6 is 24.0 Å². The van der Waals surface area contributed by atoms with Gasteiger partial charge in [0.25, 0.3) is 0 Å². The van der Waals surface area contributed by atoms with Gasteiger partial charge in [0.05, 0.1) is 18.8 Å². The molecular formula is C22H38IN5O2. The molecule has 1 heterocycles. The second-order valence-electron chi connectivity index (χ2n) is 8.85. The van der Waals surface area contributed by atoms with Gasteiger partial charge in [-0.2, -0.15) is 0 Å². The Morgan fingerprint density at radius 3 is 2.20 bits per heavy atom. The van der Waals surface area contributed by atoms with E-state index >= 15 is 0 Å². The second kappa shape index (κ2) is 12.5. The van der Waals surface area contributed by atoms with Gasteiger partial charge in [-0.15, -0.1) is 24.0 Å². The van der Waals surface area contributed by atoms with E-state index in [0.29, 0.717) is 12.5 Å². The molecule has 0 saturated carbocycles. The first-order valence-electron chi connectivity index (χ1n) is 10.4. The van der Waals surface area contributed by atoms with Crippen molar-refractivity contribution in [3.05, 3.63) is 35.4 Å². The minimum atomic E-state index is -0.241. The Hall–Kier alpha value is -1.39. The van der Waals surface area contributed by atoms with E-state index in [9.17, 15) is 4.79 Å². The lowest BCUT2D eigenvalue weighted by atomic mass is 10.1. The number of benzene rings is 1. The van der Waals surface area contributed by atoms with Crippen molar-refractivity contribution in [1.29, 1.82) is 0 Å². The minimum absolute atomic E-state index is 0. The molecule has 1 aromatic carbocycles. The van der Waals surface area contributed by atoms with E-state index in [-0.39, 0.29) is 54.2 Å². The Morgan fingerprint density at radius 2 is 1.67 bits per heavy atom. The molecule has 170 valence electrons. The fraction of sp³-hybridized carbons (Fsp3) is 0.636. The largest absolute Gasteiger partial charge is 0.373 e. The van der Waals surface area contributed by atoms with E-state index in [2.05, 4.69) is 64.0 Å². The van der Waals surface area contributed by atoms with Crippen molar-refractivity contribution in [3.63, 3.8) is 0 Å². The third-order valence-corrected chi connectivity index (χ3v) is 4.54. The minimum Gasteiger partial charge on any atom is -0.373 e. The van der Waals surface area contributed by atoms with Crippen molar-refractivity contribution in [2.75, 3.05) is 26.7 Å². The number of aliphatic imine (C=N–C) groups is 1. The van der Waals surface area contributed by atoms with Crippen molar-refractivity contribution in [3.8, 4) is 0 Å². The molecule has 1 fully saturated rings. The standard InChI is InChI=1S/C22H37N5O2.HI/c1-16-13-27(14-17(2)29-16)15-19-9-7-18(8-10-19)11-24-21(23-6)25-12-20(28)26-22(3,4)5;/h7-10,16-17H,11-15H2,1-6H3,(H,26,28)(H2,23,24,25);1H. The molecule has 2 unspecified atom stereocenters. The van der Waals surface area contributed by atoms with Gasteiger partial charge < -0.3 is 20.7 Å². The molecule has 0 radical (unpaired) electrons. The monoisotopic (exact) mass is 531 g/mol. The molecule has 8 heteroatoms. The molecule has 30 heavy (non-hydrogen) atoms. The predicted molar refractivity (Wildman–Crippen MR) is 133 cm³/mol. The van der Waals surface area contributed by atoms with Gasteiger partial charge >= 0.3 is 0 Å². The molecule has 0 spiro atoms. The maximum absolute atomic E-state index is 11.9. The van der Waals surface area contributed by atoms with Crippen molar-refractivity contribution >= 4 is 35.8 Å². The number of morpholine rings is 1. The summed E-state index contributed by atoms with van der Waals surface area (Å²) in [5.41, 5.74) is 2.23. The van der Waals surface area contributed by atoms with Gasteiger partial charge in [0.1, 0.15) is 0 Å². The highest BCUT2D eigenvalue weighted by Gasteiger charge is 2.21. The van der Waals surface area contributed by atoms with Crippen LogP contribution in [0.15, 0.2) is 29.3 Å². The number of guanidine groups is 1. The summed E-state index contributed by atoms with van der Waals surface area (Å²) in [4.78, 5) is 18.5. The summed E-state index contributed by atoms with van der Waals surface area (Å²) in [6, 6.07) is 8.62. The third-order valence-electron chi connectivity index (χ3n) is 4.54. The number of rotatable bonds is 6. The Bertz CT molecular complexity index is 678. The quantitative estimate of drug-likeness (QED) is 0.299. The zero-order valence-electron chi connectivity index (χ0n) is 19.1. The second-order valence-corrected chi connectivity index (χ2v) is 8.85. The maximum atomic E-state index is 11.9. The Labute approximate surface area is 198 Å². The van der Waals surface area contributed by atoms with Crippen LogP contribution in [-0.4, -0.2) is 61.2 Å². The number of halogens is 1. The molecule has 1 saturated heterocycles. The summed E-state index contributed by atoms with van der Waals surface area (Å²) < 4.78 is 5.80.